The number of anilines is 1. The lowest BCUT2D eigenvalue weighted by atomic mass is 10.0. The van der Waals surface area contributed by atoms with Crippen LogP contribution in [-0.4, -0.2) is 56.3 Å². The van der Waals surface area contributed by atoms with E-state index >= 15 is 0 Å². The number of rotatable bonds is 6. The van der Waals surface area contributed by atoms with Gasteiger partial charge in [0.1, 0.15) is 0 Å². The fraction of sp³-hybridized carbons (Fsp3) is 0.409. The van der Waals surface area contributed by atoms with Crippen molar-refractivity contribution in [1.82, 2.24) is 9.21 Å². The van der Waals surface area contributed by atoms with Crippen LogP contribution in [0.4, 0.5) is 5.69 Å². The van der Waals surface area contributed by atoms with E-state index < -0.39 is 10.0 Å². The van der Waals surface area contributed by atoms with Crippen LogP contribution in [0.1, 0.15) is 23.6 Å². The first-order valence-electron chi connectivity index (χ1n) is 9.98. The van der Waals surface area contributed by atoms with Gasteiger partial charge in [-0.1, -0.05) is 36.8 Å². The molecule has 0 bridgehead atoms. The number of carbonyl (C=O) groups is 1. The van der Waals surface area contributed by atoms with Gasteiger partial charge in [0, 0.05) is 31.9 Å². The van der Waals surface area contributed by atoms with E-state index in [0.29, 0.717) is 18.8 Å². The summed E-state index contributed by atoms with van der Waals surface area (Å²) in [7, 11) is -3.57. The predicted molar refractivity (Wildman–Crippen MR) is 116 cm³/mol. The Bertz CT molecular complexity index is 981. The van der Waals surface area contributed by atoms with E-state index in [1.807, 2.05) is 32.0 Å². The summed E-state index contributed by atoms with van der Waals surface area (Å²) in [4.78, 5) is 14.9. The first kappa shape index (κ1) is 21.5. The molecule has 7 heteroatoms. The molecule has 1 fully saturated rings. The molecular weight excluding hydrogens is 386 g/mol. The lowest BCUT2D eigenvalue weighted by Crippen LogP contribution is -2.48. The Kier molecular flexibility index (Phi) is 6.72. The van der Waals surface area contributed by atoms with E-state index in [0.717, 1.165) is 36.3 Å². The van der Waals surface area contributed by atoms with Gasteiger partial charge < -0.3 is 10.2 Å². The van der Waals surface area contributed by atoms with Crippen LogP contribution in [0.15, 0.2) is 47.4 Å². The number of aryl methyl sites for hydroxylation is 2. The van der Waals surface area contributed by atoms with E-state index in [4.69, 9.17) is 0 Å². The second-order valence-corrected chi connectivity index (χ2v) is 9.46. The number of sulfonamides is 1. The number of benzene rings is 2. The molecule has 2 aromatic rings. The maximum atomic E-state index is 13.0. The van der Waals surface area contributed by atoms with E-state index in [2.05, 4.69) is 17.1 Å². The Hall–Kier alpha value is -2.22. The smallest absolute Gasteiger partial charge is 0.243 e. The minimum Gasteiger partial charge on any atom is -0.326 e. The van der Waals surface area contributed by atoms with Crippen molar-refractivity contribution >= 4 is 21.6 Å². The van der Waals surface area contributed by atoms with Crippen molar-refractivity contribution in [3.8, 4) is 0 Å². The molecule has 156 valence electrons. The van der Waals surface area contributed by atoms with Gasteiger partial charge in [0.05, 0.1) is 11.3 Å². The third-order valence-corrected chi connectivity index (χ3v) is 7.28. The quantitative estimate of drug-likeness (QED) is 0.788. The molecule has 1 heterocycles. The number of nitrogens with zero attached hydrogens (tertiary/aromatic N) is 2. The van der Waals surface area contributed by atoms with Gasteiger partial charge in [-0.25, -0.2) is 8.42 Å². The standard InChI is InChI=1S/C22H29N3O3S/c1-4-24-10-12-25(13-11-24)29(27,28)21-7-5-6-20(16-21)23-22(26)15-19-14-17(2)8-9-18(19)3/h5-9,14,16H,4,10-13,15H2,1-3H3,(H,23,26). The molecule has 2 aromatic carbocycles. The molecule has 0 aliphatic carbocycles. The number of nitrogens with one attached hydrogen (secondary N) is 1. The van der Waals surface area contributed by atoms with Crippen molar-refractivity contribution in [2.24, 2.45) is 0 Å². The molecule has 1 aliphatic rings. The highest BCUT2D eigenvalue weighted by Crippen LogP contribution is 2.21. The fourth-order valence-electron chi connectivity index (χ4n) is 3.54. The number of carbonyl (C=O) groups excluding carboxylic acids is 1. The lowest BCUT2D eigenvalue weighted by molar-refractivity contribution is -0.115. The van der Waals surface area contributed by atoms with Crippen molar-refractivity contribution in [3.05, 3.63) is 59.2 Å². The highest BCUT2D eigenvalue weighted by Gasteiger charge is 2.28. The second-order valence-electron chi connectivity index (χ2n) is 7.52. The summed E-state index contributed by atoms with van der Waals surface area (Å²) in [5, 5.41) is 2.84. The number of hydrogen-bond donors (Lipinski definition) is 1. The van der Waals surface area contributed by atoms with Crippen LogP contribution in [0.2, 0.25) is 0 Å². The van der Waals surface area contributed by atoms with Crippen LogP contribution in [0, 0.1) is 13.8 Å². The van der Waals surface area contributed by atoms with Crippen LogP contribution >= 0.6 is 0 Å². The minimum atomic E-state index is -3.57. The lowest BCUT2D eigenvalue weighted by Gasteiger charge is -2.33. The van der Waals surface area contributed by atoms with Crippen molar-refractivity contribution < 1.29 is 13.2 Å². The van der Waals surface area contributed by atoms with Gasteiger partial charge in [-0.15, -0.1) is 0 Å². The highest BCUT2D eigenvalue weighted by atomic mass is 32.2. The Balaban J connectivity index is 1.70. The van der Waals surface area contributed by atoms with E-state index in [9.17, 15) is 13.2 Å². The largest absolute Gasteiger partial charge is 0.326 e. The Morgan fingerprint density at radius 2 is 1.76 bits per heavy atom. The molecule has 0 spiro atoms. The molecule has 0 radical (unpaired) electrons. The van der Waals surface area contributed by atoms with Crippen molar-refractivity contribution in [2.45, 2.75) is 32.1 Å². The first-order valence-corrected chi connectivity index (χ1v) is 11.4. The summed E-state index contributed by atoms with van der Waals surface area (Å²) in [6, 6.07) is 12.5. The summed E-state index contributed by atoms with van der Waals surface area (Å²) in [5.41, 5.74) is 3.64. The highest BCUT2D eigenvalue weighted by molar-refractivity contribution is 7.89. The molecule has 1 aliphatic heterocycles. The predicted octanol–water partition coefficient (Wildman–Crippen LogP) is 2.81. The van der Waals surface area contributed by atoms with Crippen molar-refractivity contribution in [2.75, 3.05) is 38.0 Å². The zero-order chi connectivity index (χ0) is 21.0. The fourth-order valence-corrected chi connectivity index (χ4v) is 5.01. The van der Waals surface area contributed by atoms with Gasteiger partial charge in [-0.05, 0) is 49.7 Å². The average molecular weight is 416 g/mol. The van der Waals surface area contributed by atoms with E-state index in [1.54, 1.807) is 24.3 Å². The second kappa shape index (κ2) is 9.07. The minimum absolute atomic E-state index is 0.162. The molecule has 0 aromatic heterocycles. The summed E-state index contributed by atoms with van der Waals surface area (Å²) in [6.07, 6.45) is 0.253. The molecule has 29 heavy (non-hydrogen) atoms. The van der Waals surface area contributed by atoms with Gasteiger partial charge in [0.2, 0.25) is 15.9 Å². The number of hydrogen-bond acceptors (Lipinski definition) is 4. The van der Waals surface area contributed by atoms with Crippen LogP contribution in [0.5, 0.6) is 0 Å². The molecule has 0 saturated carbocycles. The molecule has 1 N–H and O–H groups in total. The molecule has 3 rings (SSSR count). The van der Waals surface area contributed by atoms with Crippen LogP contribution in [-0.2, 0) is 21.2 Å². The average Bonchev–Trinajstić information content (AvgIpc) is 2.71. The molecule has 1 saturated heterocycles. The summed E-state index contributed by atoms with van der Waals surface area (Å²) in [6.45, 7) is 9.43. The Morgan fingerprint density at radius 1 is 1.03 bits per heavy atom. The third kappa shape index (κ3) is 5.23. The molecule has 0 atom stereocenters. The normalized spacial score (nSPS) is 16.0. The SMILES string of the molecule is CCN1CCN(S(=O)(=O)c2cccc(NC(=O)Cc3cc(C)ccc3C)c2)CC1. The molecule has 1 amide bonds. The van der Waals surface area contributed by atoms with Crippen molar-refractivity contribution in [3.63, 3.8) is 0 Å². The maximum absolute atomic E-state index is 13.0. The van der Waals surface area contributed by atoms with E-state index in [1.165, 1.54) is 4.31 Å². The van der Waals surface area contributed by atoms with Crippen LogP contribution in [0.25, 0.3) is 0 Å². The zero-order valence-electron chi connectivity index (χ0n) is 17.3. The van der Waals surface area contributed by atoms with Crippen molar-refractivity contribution in [1.29, 1.82) is 0 Å². The van der Waals surface area contributed by atoms with Crippen LogP contribution < -0.4 is 5.32 Å². The van der Waals surface area contributed by atoms with E-state index in [-0.39, 0.29) is 17.2 Å². The number of amides is 1. The van der Waals surface area contributed by atoms with Gasteiger partial charge in [0.25, 0.3) is 0 Å². The Labute approximate surface area is 173 Å². The monoisotopic (exact) mass is 415 g/mol. The number of piperazine rings is 1. The zero-order valence-corrected chi connectivity index (χ0v) is 18.1. The Morgan fingerprint density at radius 3 is 2.45 bits per heavy atom. The van der Waals surface area contributed by atoms with Gasteiger partial charge in [-0.2, -0.15) is 4.31 Å². The topological polar surface area (TPSA) is 69.7 Å². The van der Waals surface area contributed by atoms with Gasteiger partial charge in [0.15, 0.2) is 0 Å². The number of likely N-dealkylation sites (N-methyl/N-ethyl adjacent to an activating group) is 1. The van der Waals surface area contributed by atoms with Crippen LogP contribution in [0.3, 0.4) is 0 Å². The summed E-state index contributed by atoms with van der Waals surface area (Å²) < 4.78 is 27.5. The van der Waals surface area contributed by atoms with Gasteiger partial charge >= 0.3 is 0 Å². The third-order valence-electron chi connectivity index (χ3n) is 5.39. The molecule has 0 unspecified atom stereocenters. The molecular formula is C22H29N3O3S. The first-order chi connectivity index (χ1) is 13.8. The maximum Gasteiger partial charge on any atom is 0.243 e. The van der Waals surface area contributed by atoms with Gasteiger partial charge in [-0.3, -0.25) is 4.79 Å². The summed E-state index contributed by atoms with van der Waals surface area (Å²) in [5.74, 6) is -0.162. The molecule has 6 nitrogen and oxygen atoms in total. The summed E-state index contributed by atoms with van der Waals surface area (Å²) >= 11 is 0.